The number of amides is 1. The van der Waals surface area contributed by atoms with Crippen LogP contribution in [0.15, 0.2) is 47.8 Å². The van der Waals surface area contributed by atoms with E-state index in [1.54, 1.807) is 24.3 Å². The zero-order valence-electron chi connectivity index (χ0n) is 12.9. The molecule has 2 rings (SSSR count). The summed E-state index contributed by atoms with van der Waals surface area (Å²) >= 11 is 0. The number of phenols is 1. The molecule has 23 heavy (non-hydrogen) atoms. The van der Waals surface area contributed by atoms with Gasteiger partial charge in [0.25, 0.3) is 0 Å². The molecule has 1 aromatic rings. The maximum absolute atomic E-state index is 12.4. The quantitative estimate of drug-likeness (QED) is 0.763. The van der Waals surface area contributed by atoms with Crippen LogP contribution in [-0.4, -0.2) is 31.3 Å². The van der Waals surface area contributed by atoms with Crippen molar-refractivity contribution in [2.75, 3.05) is 0 Å². The number of carbonyl (C=O) groups excluding carboxylic acids is 2. The SMILES string of the molecule is CC(=O)N[C@@H](Cc1ccc(O)cc1)C(=O)O[Si]1(C)C=CC=C1.[Cu]. The molecule has 0 spiro atoms. The van der Waals surface area contributed by atoms with E-state index >= 15 is 0 Å². The largest absolute Gasteiger partial charge is 0.510 e. The molecule has 0 bridgehead atoms. The first kappa shape index (κ1) is 19.2. The predicted molar refractivity (Wildman–Crippen MR) is 85.4 cm³/mol. The van der Waals surface area contributed by atoms with Crippen LogP contribution in [0.1, 0.15) is 12.5 Å². The van der Waals surface area contributed by atoms with Crippen LogP contribution in [0.25, 0.3) is 0 Å². The van der Waals surface area contributed by atoms with Crippen LogP contribution in [0.5, 0.6) is 5.75 Å². The number of hydrogen-bond acceptors (Lipinski definition) is 4. The minimum absolute atomic E-state index is 0. The van der Waals surface area contributed by atoms with E-state index < -0.39 is 20.3 Å². The number of nitrogens with one attached hydrogen (secondary N) is 1. The summed E-state index contributed by atoms with van der Waals surface area (Å²) < 4.78 is 5.62. The fourth-order valence-corrected chi connectivity index (χ4v) is 4.02. The molecule has 1 heterocycles. The monoisotopic (exact) mass is 380 g/mol. The van der Waals surface area contributed by atoms with Gasteiger partial charge in [-0.2, -0.15) is 0 Å². The molecule has 0 aromatic heterocycles. The summed E-state index contributed by atoms with van der Waals surface area (Å²) in [5.74, 6) is -0.567. The van der Waals surface area contributed by atoms with E-state index in [0.29, 0.717) is 6.42 Å². The van der Waals surface area contributed by atoms with Gasteiger partial charge in [0.1, 0.15) is 11.8 Å². The van der Waals surface area contributed by atoms with Gasteiger partial charge in [0.15, 0.2) is 0 Å². The Morgan fingerprint density at radius 1 is 1.22 bits per heavy atom. The molecule has 1 amide bonds. The molecule has 1 atom stereocenters. The van der Waals surface area contributed by atoms with Gasteiger partial charge in [0.05, 0.1) is 0 Å². The summed E-state index contributed by atoms with van der Waals surface area (Å²) in [6.45, 7) is 3.28. The Bertz CT molecular complexity index is 615. The molecule has 0 unspecified atom stereocenters. The number of rotatable bonds is 5. The third kappa shape index (κ3) is 5.71. The van der Waals surface area contributed by atoms with Gasteiger partial charge in [-0.3, -0.25) is 9.59 Å². The van der Waals surface area contributed by atoms with E-state index in [1.165, 1.54) is 6.92 Å². The first-order chi connectivity index (χ1) is 10.4. The molecule has 1 aromatic carbocycles. The topological polar surface area (TPSA) is 75.6 Å². The summed E-state index contributed by atoms with van der Waals surface area (Å²) in [7, 11) is -2.29. The first-order valence-electron chi connectivity index (χ1n) is 7.03. The zero-order chi connectivity index (χ0) is 16.2. The van der Waals surface area contributed by atoms with E-state index in [2.05, 4.69) is 5.32 Å². The fraction of sp³-hybridized carbons (Fsp3) is 0.250. The van der Waals surface area contributed by atoms with Crippen molar-refractivity contribution in [3.63, 3.8) is 0 Å². The summed E-state index contributed by atoms with van der Waals surface area (Å²) in [6, 6.07) is 5.78. The summed E-state index contributed by atoms with van der Waals surface area (Å²) in [5.41, 5.74) is 4.66. The van der Waals surface area contributed by atoms with Crippen LogP contribution in [0.4, 0.5) is 0 Å². The van der Waals surface area contributed by atoms with E-state index in [-0.39, 0.29) is 28.7 Å². The zero-order valence-corrected chi connectivity index (χ0v) is 14.8. The second-order valence-electron chi connectivity index (χ2n) is 5.45. The summed E-state index contributed by atoms with van der Waals surface area (Å²) in [4.78, 5) is 23.7. The Balaban J connectivity index is 0.00000264. The molecule has 5 nitrogen and oxygen atoms in total. The molecule has 1 aliphatic rings. The molecule has 2 N–H and O–H groups in total. The Kier molecular flexibility index (Phi) is 6.81. The van der Waals surface area contributed by atoms with E-state index in [0.717, 1.165) is 5.56 Å². The average Bonchev–Trinajstić information content (AvgIpc) is 2.86. The number of carbonyl (C=O) groups is 2. The summed E-state index contributed by atoms with van der Waals surface area (Å²) in [5, 5.41) is 11.9. The van der Waals surface area contributed by atoms with Gasteiger partial charge in [-0.25, -0.2) is 0 Å². The molecule has 127 valence electrons. The molecule has 0 aliphatic carbocycles. The van der Waals surface area contributed by atoms with Gasteiger partial charge in [-0.05, 0) is 24.2 Å². The molecule has 0 fully saturated rings. The van der Waals surface area contributed by atoms with Crippen molar-refractivity contribution < 1.29 is 36.2 Å². The van der Waals surface area contributed by atoms with Crippen molar-refractivity contribution >= 4 is 20.2 Å². The van der Waals surface area contributed by atoms with Crippen LogP contribution < -0.4 is 5.32 Å². The van der Waals surface area contributed by atoms with Gasteiger partial charge in [-0.15, -0.1) is 0 Å². The van der Waals surface area contributed by atoms with Crippen LogP contribution >= 0.6 is 0 Å². The van der Waals surface area contributed by atoms with Crippen molar-refractivity contribution in [1.29, 1.82) is 0 Å². The Morgan fingerprint density at radius 3 is 2.30 bits per heavy atom. The second kappa shape index (κ2) is 8.15. The number of hydrogen-bond donors (Lipinski definition) is 2. The summed E-state index contributed by atoms with van der Waals surface area (Å²) in [6.07, 6.45) is 4.05. The molecule has 0 saturated heterocycles. The smallest absolute Gasteiger partial charge is 0.316 e. The van der Waals surface area contributed by atoms with Crippen molar-refractivity contribution in [1.82, 2.24) is 5.32 Å². The van der Waals surface area contributed by atoms with Crippen LogP contribution in [-0.2, 0) is 37.5 Å². The normalized spacial score (nSPS) is 15.6. The maximum atomic E-state index is 12.4. The minimum atomic E-state index is -2.29. The average molecular weight is 381 g/mol. The number of aromatic hydroxyl groups is 1. The van der Waals surface area contributed by atoms with Gasteiger partial charge in [0.2, 0.25) is 5.91 Å². The van der Waals surface area contributed by atoms with Crippen molar-refractivity contribution in [2.45, 2.75) is 25.9 Å². The number of allylic oxidation sites excluding steroid dienone is 2. The molecule has 1 aliphatic heterocycles. The minimum Gasteiger partial charge on any atom is -0.510 e. The third-order valence-electron chi connectivity index (χ3n) is 3.32. The Hall–Kier alpha value is -1.82. The maximum Gasteiger partial charge on any atom is 0.316 e. The van der Waals surface area contributed by atoms with Crippen LogP contribution in [0, 0.1) is 0 Å². The van der Waals surface area contributed by atoms with Crippen molar-refractivity contribution in [3.8, 4) is 5.75 Å². The van der Waals surface area contributed by atoms with Gasteiger partial charge < -0.3 is 14.8 Å². The second-order valence-corrected chi connectivity index (χ2v) is 8.69. The molecule has 7 heteroatoms. The third-order valence-corrected chi connectivity index (χ3v) is 5.67. The Labute approximate surface area is 147 Å². The van der Waals surface area contributed by atoms with E-state index in [4.69, 9.17) is 4.43 Å². The van der Waals surface area contributed by atoms with Gasteiger partial charge >= 0.3 is 14.3 Å². The Morgan fingerprint density at radius 2 is 1.78 bits per heavy atom. The van der Waals surface area contributed by atoms with Crippen LogP contribution in [0.3, 0.4) is 0 Å². The molecular formula is C16H19CuNO4Si. The standard InChI is InChI=1S/C16H19NO4Si.Cu/c1-12(18)17-15(11-13-5-7-14(19)8-6-13)16(20)21-22(2)9-3-4-10-22;/h3-10,15,19H,11H2,1-2H3,(H,17,18);/t15-;/m0./s1. The first-order valence-corrected chi connectivity index (χ1v) is 9.59. The van der Waals surface area contributed by atoms with E-state index in [9.17, 15) is 14.7 Å². The van der Waals surface area contributed by atoms with Gasteiger partial charge in [-0.1, -0.05) is 35.7 Å². The van der Waals surface area contributed by atoms with Crippen LogP contribution in [0.2, 0.25) is 6.55 Å². The molecular weight excluding hydrogens is 362 g/mol. The van der Waals surface area contributed by atoms with Crippen molar-refractivity contribution in [3.05, 3.63) is 53.4 Å². The predicted octanol–water partition coefficient (Wildman–Crippen LogP) is 1.76. The van der Waals surface area contributed by atoms with Gasteiger partial charge in [0, 0.05) is 30.4 Å². The number of phenolic OH excluding ortho intramolecular Hbond substituents is 1. The number of benzene rings is 1. The van der Waals surface area contributed by atoms with Crippen molar-refractivity contribution in [2.24, 2.45) is 0 Å². The molecule has 1 radical (unpaired) electrons. The van der Waals surface area contributed by atoms with E-state index in [1.807, 2.05) is 30.1 Å². The fourth-order valence-electron chi connectivity index (χ4n) is 2.21. The molecule has 0 saturated carbocycles.